The SMILES string of the molecule is CCN(C(=O)c1ncnc(C)c1O)C1CCC1C1CCc2c1c(=O)n1nc(C3=CCOCC3)nc1n2CC(=O)Nc1ccc(C2CC2)cc1F. The summed E-state index contributed by atoms with van der Waals surface area (Å²) in [6.45, 7) is 4.65. The van der Waals surface area contributed by atoms with E-state index in [2.05, 4.69) is 20.4 Å². The monoisotopic (exact) mass is 682 g/mol. The third-order valence-corrected chi connectivity index (χ3v) is 10.8. The second kappa shape index (κ2) is 12.7. The van der Waals surface area contributed by atoms with Gasteiger partial charge in [-0.1, -0.05) is 12.1 Å². The summed E-state index contributed by atoms with van der Waals surface area (Å²) in [5.41, 5.74) is 3.18. The highest BCUT2D eigenvalue weighted by molar-refractivity contribution is 5.95. The number of carbonyl (C=O) groups is 2. The van der Waals surface area contributed by atoms with Gasteiger partial charge in [-0.3, -0.25) is 14.4 Å². The zero-order valence-electron chi connectivity index (χ0n) is 28.1. The number of aromatic hydroxyl groups is 1. The molecular weight excluding hydrogens is 643 g/mol. The number of carbonyl (C=O) groups excluding carboxylic acids is 2. The van der Waals surface area contributed by atoms with E-state index in [1.54, 1.807) is 22.5 Å². The Kier molecular flexibility index (Phi) is 8.20. The lowest BCUT2D eigenvalue weighted by atomic mass is 9.69. The minimum absolute atomic E-state index is 0.0297. The zero-order valence-corrected chi connectivity index (χ0v) is 28.1. The average molecular weight is 683 g/mol. The van der Waals surface area contributed by atoms with Crippen LogP contribution in [0.4, 0.5) is 10.1 Å². The van der Waals surface area contributed by atoms with Gasteiger partial charge in [-0.25, -0.2) is 14.4 Å². The van der Waals surface area contributed by atoms with Crippen LogP contribution < -0.4 is 10.9 Å². The summed E-state index contributed by atoms with van der Waals surface area (Å²) in [4.78, 5) is 56.2. The van der Waals surface area contributed by atoms with Crippen LogP contribution in [-0.4, -0.2) is 76.8 Å². The Morgan fingerprint density at radius 2 is 1.98 bits per heavy atom. The van der Waals surface area contributed by atoms with E-state index in [9.17, 15) is 19.5 Å². The van der Waals surface area contributed by atoms with Crippen LogP contribution in [0.2, 0.25) is 0 Å². The van der Waals surface area contributed by atoms with E-state index >= 15 is 4.39 Å². The zero-order chi connectivity index (χ0) is 34.7. The number of nitrogens with one attached hydrogen (secondary N) is 1. The van der Waals surface area contributed by atoms with Crippen molar-refractivity contribution >= 4 is 28.9 Å². The molecule has 2 amide bonds. The third-order valence-electron chi connectivity index (χ3n) is 10.8. The predicted octanol–water partition coefficient (Wildman–Crippen LogP) is 4.12. The minimum Gasteiger partial charge on any atom is -0.504 e. The Balaban J connectivity index is 1.14. The summed E-state index contributed by atoms with van der Waals surface area (Å²) in [5.74, 6) is -0.721. The van der Waals surface area contributed by atoms with Gasteiger partial charge in [-0.15, -0.1) is 5.10 Å². The third kappa shape index (κ3) is 5.55. The van der Waals surface area contributed by atoms with Crippen LogP contribution in [0.25, 0.3) is 11.4 Å². The van der Waals surface area contributed by atoms with Crippen LogP contribution in [0.5, 0.6) is 5.75 Å². The molecule has 3 aliphatic carbocycles. The van der Waals surface area contributed by atoms with Gasteiger partial charge in [0.2, 0.25) is 11.7 Å². The molecule has 2 fully saturated rings. The summed E-state index contributed by atoms with van der Waals surface area (Å²) in [5, 5.41) is 18.0. The first-order chi connectivity index (χ1) is 24.2. The molecule has 2 saturated carbocycles. The first kappa shape index (κ1) is 32.2. The van der Waals surface area contributed by atoms with Crippen molar-refractivity contribution in [3.8, 4) is 5.75 Å². The number of rotatable bonds is 9. The van der Waals surface area contributed by atoms with Crippen molar-refractivity contribution in [1.29, 1.82) is 0 Å². The number of hydrogen-bond donors (Lipinski definition) is 2. The Labute approximate surface area is 287 Å². The summed E-state index contributed by atoms with van der Waals surface area (Å²) in [6, 6.07) is 4.78. The van der Waals surface area contributed by atoms with Crippen molar-refractivity contribution in [3.05, 3.63) is 80.8 Å². The molecule has 4 aliphatic rings. The molecule has 50 heavy (non-hydrogen) atoms. The Hall–Kier alpha value is -4.98. The first-order valence-electron chi connectivity index (χ1n) is 17.4. The first-order valence-corrected chi connectivity index (χ1v) is 17.4. The number of ether oxygens (including phenoxy) is 1. The summed E-state index contributed by atoms with van der Waals surface area (Å²) in [6.07, 6.45) is 8.57. The molecule has 0 spiro atoms. The molecule has 0 radical (unpaired) electrons. The van der Waals surface area contributed by atoms with Gasteiger partial charge >= 0.3 is 0 Å². The van der Waals surface area contributed by atoms with E-state index in [-0.39, 0.29) is 58.8 Å². The molecule has 4 aromatic rings. The van der Waals surface area contributed by atoms with Crippen molar-refractivity contribution in [2.75, 3.05) is 25.1 Å². The number of aryl methyl sites for hydroxylation is 1. The molecule has 3 unspecified atom stereocenters. The topological polar surface area (TPSA) is 157 Å². The van der Waals surface area contributed by atoms with Crippen LogP contribution in [-0.2, 0) is 22.5 Å². The highest BCUT2D eigenvalue weighted by Gasteiger charge is 2.47. The van der Waals surface area contributed by atoms with Crippen LogP contribution in [0, 0.1) is 18.7 Å². The predicted molar refractivity (Wildman–Crippen MR) is 180 cm³/mol. The standard InChI is InChI=1S/C36H39FN8O5/c1-3-43(35(49)31-32(47)19(2)38-18-39-31)27-10-7-23(27)24-8-11-28-30(24)34(48)45-36(41-33(42-45)21-12-14-50-15-13-21)44(28)17-29(46)40-26-9-6-22(16-25(26)37)20-4-5-20/h6,9,12,16,18,20,23-24,27,47H,3-5,7-8,10-11,13-15,17H2,1-2H3,(H,40,46). The smallest absolute Gasteiger partial charge is 0.279 e. The number of halogens is 1. The Morgan fingerprint density at radius 3 is 2.68 bits per heavy atom. The highest BCUT2D eigenvalue weighted by atomic mass is 19.1. The molecule has 2 N–H and O–H groups in total. The molecule has 4 heterocycles. The lowest BCUT2D eigenvalue weighted by Gasteiger charge is -2.46. The number of nitrogens with zero attached hydrogens (tertiary/aromatic N) is 7. The van der Waals surface area contributed by atoms with Crippen LogP contribution in [0.15, 0.2) is 35.4 Å². The number of benzene rings is 1. The normalized spacial score (nSPS) is 21.4. The maximum Gasteiger partial charge on any atom is 0.279 e. The number of fused-ring (bicyclic) bond motifs is 2. The largest absolute Gasteiger partial charge is 0.504 e. The number of aromatic nitrogens is 6. The maximum absolute atomic E-state index is 15.0. The highest BCUT2D eigenvalue weighted by Crippen LogP contribution is 2.48. The molecule has 1 aromatic carbocycles. The Bertz CT molecular complexity index is 2120. The molecule has 8 rings (SSSR count). The van der Waals surface area contributed by atoms with E-state index < -0.39 is 11.7 Å². The quantitative estimate of drug-likeness (QED) is 0.265. The number of amides is 2. The maximum atomic E-state index is 15.0. The van der Waals surface area contributed by atoms with Gasteiger partial charge < -0.3 is 24.6 Å². The number of anilines is 1. The van der Waals surface area contributed by atoms with E-state index in [4.69, 9.17) is 9.72 Å². The van der Waals surface area contributed by atoms with Crippen molar-refractivity contribution in [2.45, 2.75) is 83.2 Å². The van der Waals surface area contributed by atoms with E-state index in [1.807, 2.05) is 19.1 Å². The van der Waals surface area contributed by atoms with E-state index in [0.29, 0.717) is 67.7 Å². The second-order valence-electron chi connectivity index (χ2n) is 13.7. The second-order valence-corrected chi connectivity index (χ2v) is 13.7. The van der Waals surface area contributed by atoms with E-state index in [0.717, 1.165) is 36.8 Å². The number of hydrogen-bond acceptors (Lipinski definition) is 9. The van der Waals surface area contributed by atoms with Crippen LogP contribution in [0.3, 0.4) is 0 Å². The van der Waals surface area contributed by atoms with Gasteiger partial charge in [0.05, 0.1) is 24.6 Å². The van der Waals surface area contributed by atoms with Crippen molar-refractivity contribution < 1.29 is 23.8 Å². The lowest BCUT2D eigenvalue weighted by molar-refractivity contribution is -0.116. The molecule has 1 aliphatic heterocycles. The minimum atomic E-state index is -0.481. The van der Waals surface area contributed by atoms with Crippen LogP contribution >= 0.6 is 0 Å². The molecule has 0 saturated heterocycles. The van der Waals surface area contributed by atoms with Crippen molar-refractivity contribution in [1.82, 2.24) is 34.0 Å². The molecule has 3 aromatic heterocycles. The van der Waals surface area contributed by atoms with Crippen molar-refractivity contribution in [3.63, 3.8) is 0 Å². The fourth-order valence-electron chi connectivity index (χ4n) is 7.95. The van der Waals surface area contributed by atoms with Gasteiger partial charge in [0.25, 0.3) is 11.5 Å². The summed E-state index contributed by atoms with van der Waals surface area (Å²) < 4.78 is 23.5. The van der Waals surface area contributed by atoms with Gasteiger partial charge in [-0.05, 0) is 99.8 Å². The summed E-state index contributed by atoms with van der Waals surface area (Å²) >= 11 is 0. The molecule has 13 nitrogen and oxygen atoms in total. The van der Waals surface area contributed by atoms with Gasteiger partial charge in [0.1, 0.15) is 18.7 Å². The molecule has 3 atom stereocenters. The van der Waals surface area contributed by atoms with Gasteiger partial charge in [0.15, 0.2) is 17.3 Å². The van der Waals surface area contributed by atoms with Gasteiger partial charge in [-0.2, -0.15) is 9.50 Å². The fraction of sp³-hybridized carbons (Fsp3) is 0.472. The van der Waals surface area contributed by atoms with Crippen LogP contribution in [0.1, 0.15) is 96.1 Å². The van der Waals surface area contributed by atoms with Gasteiger partial charge in [0, 0.05) is 23.8 Å². The molecule has 0 bridgehead atoms. The van der Waals surface area contributed by atoms with Crippen molar-refractivity contribution in [2.24, 2.45) is 5.92 Å². The fourth-order valence-corrected chi connectivity index (χ4v) is 7.95. The van der Waals surface area contributed by atoms with E-state index in [1.165, 1.54) is 16.9 Å². The summed E-state index contributed by atoms with van der Waals surface area (Å²) in [7, 11) is 0. The average Bonchev–Trinajstić information content (AvgIpc) is 3.71. The molecule has 260 valence electrons. The molecular formula is C36H39FN8O5. The molecule has 14 heteroatoms. The Morgan fingerprint density at radius 1 is 1.14 bits per heavy atom. The lowest BCUT2D eigenvalue weighted by Crippen LogP contribution is -2.52.